The lowest BCUT2D eigenvalue weighted by Gasteiger charge is -2.12. The van der Waals surface area contributed by atoms with Crippen molar-refractivity contribution in [2.75, 3.05) is 5.48 Å². The molecule has 0 atom stereocenters. The predicted octanol–water partition coefficient (Wildman–Crippen LogP) is 4.52. The molecule has 0 saturated heterocycles. The minimum Gasteiger partial charge on any atom is -0.489 e. The maximum Gasteiger partial charge on any atom is 0.150 e. The van der Waals surface area contributed by atoms with Gasteiger partial charge in [-0.05, 0) is 63.9 Å². The third-order valence-electron chi connectivity index (χ3n) is 3.25. The van der Waals surface area contributed by atoms with Gasteiger partial charge in [-0.1, -0.05) is 18.2 Å². The molecule has 0 spiro atoms. The standard InChI is InChI=1S/C16H17NO3.C4H10O.H2/c1-11-6-7-16(12(2)15(11)9-18)20-10-13-4-3-5-14(8-13)17-19;1-4(2,3)5;/h3-9,17,19H,10H2,1-2H3;5H,1-3H3;1H. The van der Waals surface area contributed by atoms with Crippen molar-refractivity contribution in [3.8, 4) is 5.75 Å². The van der Waals surface area contributed by atoms with Crippen LogP contribution in [0.2, 0.25) is 0 Å². The van der Waals surface area contributed by atoms with Crippen molar-refractivity contribution >= 4 is 12.0 Å². The molecule has 0 saturated carbocycles. The molecule has 0 fully saturated rings. The highest BCUT2D eigenvalue weighted by Crippen LogP contribution is 2.24. The summed E-state index contributed by atoms with van der Waals surface area (Å²) in [4.78, 5) is 11.1. The van der Waals surface area contributed by atoms with Gasteiger partial charge in [-0.25, -0.2) is 0 Å². The molecule has 3 N–H and O–H groups in total. The number of aliphatic hydroxyl groups is 1. The maximum absolute atomic E-state index is 11.1. The van der Waals surface area contributed by atoms with Gasteiger partial charge in [0.1, 0.15) is 12.4 Å². The van der Waals surface area contributed by atoms with Crippen LogP contribution in [0.4, 0.5) is 5.69 Å². The van der Waals surface area contributed by atoms with Crippen molar-refractivity contribution in [1.29, 1.82) is 0 Å². The van der Waals surface area contributed by atoms with E-state index < -0.39 is 5.60 Å². The van der Waals surface area contributed by atoms with E-state index in [1.807, 2.05) is 38.1 Å². The van der Waals surface area contributed by atoms with Gasteiger partial charge in [0.05, 0.1) is 11.3 Å². The molecule has 2 rings (SSSR count). The molecule has 2 aromatic carbocycles. The number of carbonyl (C=O) groups excluding carboxylic acids is 1. The van der Waals surface area contributed by atoms with Crippen molar-refractivity contribution in [3.05, 3.63) is 58.7 Å². The SMILES string of the molecule is CC(C)(C)O.Cc1ccc(OCc2cccc(NO)c2)c(C)c1C=O.[HH]. The lowest BCUT2D eigenvalue weighted by atomic mass is 10.0. The number of aldehydes is 1. The van der Waals surface area contributed by atoms with Crippen molar-refractivity contribution in [1.82, 2.24) is 0 Å². The maximum atomic E-state index is 11.1. The van der Waals surface area contributed by atoms with Crippen LogP contribution < -0.4 is 10.2 Å². The lowest BCUT2D eigenvalue weighted by molar-refractivity contribution is 0.102. The Morgan fingerprint density at radius 3 is 2.40 bits per heavy atom. The van der Waals surface area contributed by atoms with Crippen LogP contribution in [0.3, 0.4) is 0 Å². The van der Waals surface area contributed by atoms with Crippen molar-refractivity contribution in [2.45, 2.75) is 46.8 Å². The van der Waals surface area contributed by atoms with Crippen LogP contribution >= 0.6 is 0 Å². The zero-order valence-electron chi connectivity index (χ0n) is 15.5. The Morgan fingerprint density at radius 1 is 1.20 bits per heavy atom. The number of aryl methyl sites for hydroxylation is 1. The summed E-state index contributed by atoms with van der Waals surface area (Å²) in [7, 11) is 0. The Kier molecular flexibility index (Phi) is 7.61. The number of nitrogens with one attached hydrogen (secondary N) is 1. The Morgan fingerprint density at radius 2 is 1.84 bits per heavy atom. The Labute approximate surface area is 150 Å². The van der Waals surface area contributed by atoms with Gasteiger partial charge >= 0.3 is 0 Å². The Hall–Kier alpha value is -2.37. The number of benzene rings is 2. The fourth-order valence-corrected chi connectivity index (χ4v) is 2.07. The van der Waals surface area contributed by atoms with Gasteiger partial charge in [-0.3, -0.25) is 15.5 Å². The van der Waals surface area contributed by atoms with E-state index in [0.29, 0.717) is 23.6 Å². The van der Waals surface area contributed by atoms with E-state index in [0.717, 1.165) is 23.0 Å². The monoisotopic (exact) mass is 347 g/mol. The van der Waals surface area contributed by atoms with Crippen LogP contribution in [0, 0.1) is 13.8 Å². The molecule has 0 unspecified atom stereocenters. The number of hydrogen-bond acceptors (Lipinski definition) is 5. The number of ether oxygens (including phenoxy) is 1. The summed E-state index contributed by atoms with van der Waals surface area (Å²) >= 11 is 0. The fourth-order valence-electron chi connectivity index (χ4n) is 2.07. The van der Waals surface area contributed by atoms with Crippen molar-refractivity contribution < 1.29 is 21.3 Å². The second-order valence-electron chi connectivity index (χ2n) is 6.81. The number of anilines is 1. The highest BCUT2D eigenvalue weighted by Gasteiger charge is 2.08. The lowest BCUT2D eigenvalue weighted by Crippen LogP contribution is -2.10. The molecule has 25 heavy (non-hydrogen) atoms. The molecular formula is C20H29NO4. The highest BCUT2D eigenvalue weighted by molar-refractivity contribution is 5.80. The van der Waals surface area contributed by atoms with E-state index in [2.05, 4.69) is 5.48 Å². The summed E-state index contributed by atoms with van der Waals surface area (Å²) < 4.78 is 5.75. The predicted molar refractivity (Wildman–Crippen MR) is 102 cm³/mol. The molecule has 2 aromatic rings. The number of hydrogen-bond donors (Lipinski definition) is 3. The van der Waals surface area contributed by atoms with Gasteiger partial charge in [-0.2, -0.15) is 0 Å². The van der Waals surface area contributed by atoms with E-state index >= 15 is 0 Å². The van der Waals surface area contributed by atoms with Gasteiger partial charge in [0.2, 0.25) is 0 Å². The first-order valence-electron chi connectivity index (χ1n) is 8.05. The number of rotatable bonds is 5. The largest absolute Gasteiger partial charge is 0.489 e. The number of carbonyl (C=O) groups is 1. The normalized spacial score (nSPS) is 10.5. The molecule has 0 heterocycles. The van der Waals surface area contributed by atoms with E-state index in [4.69, 9.17) is 15.1 Å². The first-order valence-corrected chi connectivity index (χ1v) is 8.05. The summed E-state index contributed by atoms with van der Waals surface area (Å²) in [5, 5.41) is 17.4. The van der Waals surface area contributed by atoms with Crippen LogP contribution in [-0.2, 0) is 6.61 Å². The first kappa shape index (κ1) is 20.7. The molecule has 0 aliphatic carbocycles. The van der Waals surface area contributed by atoms with Crippen LogP contribution in [0.25, 0.3) is 0 Å². The van der Waals surface area contributed by atoms with Gasteiger partial charge in [0.25, 0.3) is 0 Å². The highest BCUT2D eigenvalue weighted by atomic mass is 16.5. The van der Waals surface area contributed by atoms with Crippen molar-refractivity contribution in [2.24, 2.45) is 0 Å². The van der Waals surface area contributed by atoms with Gasteiger partial charge < -0.3 is 9.84 Å². The molecule has 0 bridgehead atoms. The minimum atomic E-state index is -0.500. The average Bonchev–Trinajstić information content (AvgIpc) is 2.53. The quantitative estimate of drug-likeness (QED) is 0.547. The Balaban J connectivity index is 0.000000923. The first-order chi connectivity index (χ1) is 11.7. The molecule has 138 valence electrons. The molecule has 0 aromatic heterocycles. The summed E-state index contributed by atoms with van der Waals surface area (Å²) in [5.74, 6) is 0.695. The summed E-state index contributed by atoms with van der Waals surface area (Å²) in [6.07, 6.45) is 0.855. The molecule has 0 aliphatic heterocycles. The van der Waals surface area contributed by atoms with Gasteiger partial charge in [0, 0.05) is 12.6 Å². The molecule has 5 nitrogen and oxygen atoms in total. The van der Waals surface area contributed by atoms with Crippen LogP contribution in [0.15, 0.2) is 36.4 Å². The molecular weight excluding hydrogens is 318 g/mol. The fraction of sp³-hybridized carbons (Fsp3) is 0.350. The summed E-state index contributed by atoms with van der Waals surface area (Å²) in [6.45, 7) is 9.37. The van der Waals surface area contributed by atoms with E-state index in [1.54, 1.807) is 32.9 Å². The third kappa shape index (κ3) is 7.37. The van der Waals surface area contributed by atoms with Crippen LogP contribution in [-0.4, -0.2) is 22.2 Å². The topological polar surface area (TPSA) is 78.8 Å². The van der Waals surface area contributed by atoms with Crippen LogP contribution in [0.5, 0.6) is 5.75 Å². The van der Waals surface area contributed by atoms with Crippen molar-refractivity contribution in [3.63, 3.8) is 0 Å². The summed E-state index contributed by atoms with van der Waals surface area (Å²) in [5.41, 5.74) is 5.60. The zero-order chi connectivity index (χ0) is 19.0. The second-order valence-corrected chi connectivity index (χ2v) is 6.81. The van der Waals surface area contributed by atoms with E-state index in [-0.39, 0.29) is 1.43 Å². The molecule has 0 aliphatic rings. The smallest absolute Gasteiger partial charge is 0.150 e. The zero-order valence-corrected chi connectivity index (χ0v) is 15.5. The second kappa shape index (κ2) is 9.20. The summed E-state index contributed by atoms with van der Waals surface area (Å²) in [6, 6.07) is 11.0. The average molecular weight is 347 g/mol. The van der Waals surface area contributed by atoms with Gasteiger partial charge in [-0.15, -0.1) is 0 Å². The molecule has 0 amide bonds. The Bertz CT molecular complexity index is 705. The van der Waals surface area contributed by atoms with Gasteiger partial charge in [0.15, 0.2) is 6.29 Å². The molecule has 0 radical (unpaired) electrons. The third-order valence-corrected chi connectivity index (χ3v) is 3.25. The minimum absolute atomic E-state index is 0. The van der Waals surface area contributed by atoms with E-state index in [9.17, 15) is 4.79 Å². The van der Waals surface area contributed by atoms with Crippen LogP contribution in [0.1, 0.15) is 49.2 Å². The van der Waals surface area contributed by atoms with E-state index in [1.165, 1.54) is 0 Å². The molecule has 5 heteroatoms.